The first-order valence-electron chi connectivity index (χ1n) is 12.8. The highest BCUT2D eigenvalue weighted by molar-refractivity contribution is 5.89. The maximum absolute atomic E-state index is 15.5. The number of aromatic nitrogens is 5. The predicted octanol–water partition coefficient (Wildman–Crippen LogP) is 4.73. The minimum atomic E-state index is -0.456. The summed E-state index contributed by atoms with van der Waals surface area (Å²) in [6.07, 6.45) is 4.49. The van der Waals surface area contributed by atoms with Crippen LogP contribution in [0.3, 0.4) is 0 Å². The molecule has 1 saturated heterocycles. The number of carbonyl (C=O) groups is 1. The van der Waals surface area contributed by atoms with Gasteiger partial charge in [-0.05, 0) is 49.4 Å². The van der Waals surface area contributed by atoms with Gasteiger partial charge in [0.25, 0.3) is 0 Å². The lowest BCUT2D eigenvalue weighted by molar-refractivity contribution is -0.126. The van der Waals surface area contributed by atoms with Crippen molar-refractivity contribution in [2.45, 2.75) is 6.92 Å². The molecule has 1 N–H and O–H groups in total. The third-order valence-electron chi connectivity index (χ3n) is 7.07. The standard InChI is InChI=1S/C29H27FN8O2/c1-4-26(39)38-13-11-37(12-14-38)25-10-7-21-28(35-25)29(32-16-31-21)34-20-6-9-24(18(2)27(20)30)40-19-5-8-23-22(15-19)33-17-36(23)3/h4-10,15-17H,1,11-14H2,2-3H3,(H,31,32,34). The summed E-state index contributed by atoms with van der Waals surface area (Å²) in [6.45, 7) is 7.66. The van der Waals surface area contributed by atoms with E-state index in [9.17, 15) is 4.79 Å². The molecule has 0 bridgehead atoms. The summed E-state index contributed by atoms with van der Waals surface area (Å²) in [5, 5.41) is 3.09. The zero-order valence-electron chi connectivity index (χ0n) is 22.1. The van der Waals surface area contributed by atoms with Crippen molar-refractivity contribution in [2.75, 3.05) is 36.4 Å². The second-order valence-electron chi connectivity index (χ2n) is 9.56. The number of imidazole rings is 1. The molecule has 1 amide bonds. The highest BCUT2D eigenvalue weighted by Gasteiger charge is 2.21. The number of hydrogen-bond donors (Lipinski definition) is 1. The van der Waals surface area contributed by atoms with E-state index in [1.807, 2.05) is 41.9 Å². The van der Waals surface area contributed by atoms with E-state index in [2.05, 4.69) is 31.7 Å². The van der Waals surface area contributed by atoms with E-state index in [1.165, 1.54) is 12.4 Å². The van der Waals surface area contributed by atoms with Gasteiger partial charge in [-0.1, -0.05) is 6.58 Å². The van der Waals surface area contributed by atoms with E-state index >= 15 is 4.39 Å². The molecule has 2 aromatic carbocycles. The fourth-order valence-corrected chi connectivity index (χ4v) is 4.79. The summed E-state index contributed by atoms with van der Waals surface area (Å²) in [7, 11) is 1.92. The van der Waals surface area contributed by atoms with Crippen LogP contribution in [-0.2, 0) is 11.8 Å². The molecule has 1 aliphatic heterocycles. The van der Waals surface area contributed by atoms with Gasteiger partial charge in [0.2, 0.25) is 5.91 Å². The van der Waals surface area contributed by atoms with Gasteiger partial charge in [-0.25, -0.2) is 24.3 Å². The van der Waals surface area contributed by atoms with Crippen LogP contribution in [0.5, 0.6) is 11.5 Å². The van der Waals surface area contributed by atoms with Gasteiger partial charge in [-0.2, -0.15) is 0 Å². The monoisotopic (exact) mass is 538 g/mol. The molecule has 1 aliphatic rings. The van der Waals surface area contributed by atoms with Crippen molar-refractivity contribution in [3.8, 4) is 11.5 Å². The van der Waals surface area contributed by atoms with Crippen molar-refractivity contribution in [2.24, 2.45) is 7.05 Å². The maximum atomic E-state index is 15.5. The number of rotatable bonds is 6. The number of benzene rings is 2. The number of ether oxygens (including phenoxy) is 1. The van der Waals surface area contributed by atoms with Crippen molar-refractivity contribution in [3.63, 3.8) is 0 Å². The van der Waals surface area contributed by atoms with Crippen LogP contribution in [0.1, 0.15) is 5.56 Å². The largest absolute Gasteiger partial charge is 0.457 e. The van der Waals surface area contributed by atoms with Crippen LogP contribution in [0, 0.1) is 12.7 Å². The Morgan fingerprint density at radius 2 is 1.88 bits per heavy atom. The van der Waals surface area contributed by atoms with Gasteiger partial charge in [0, 0.05) is 44.9 Å². The van der Waals surface area contributed by atoms with Crippen molar-refractivity contribution in [3.05, 3.63) is 79.2 Å². The molecule has 3 aromatic heterocycles. The van der Waals surface area contributed by atoms with Gasteiger partial charge >= 0.3 is 0 Å². The Morgan fingerprint density at radius 3 is 2.67 bits per heavy atom. The zero-order chi connectivity index (χ0) is 27.8. The number of aryl methyl sites for hydroxylation is 1. The van der Waals surface area contributed by atoms with Crippen molar-refractivity contribution in [1.29, 1.82) is 0 Å². The van der Waals surface area contributed by atoms with Crippen molar-refractivity contribution >= 4 is 45.3 Å². The van der Waals surface area contributed by atoms with E-state index in [4.69, 9.17) is 9.72 Å². The van der Waals surface area contributed by atoms with Gasteiger partial charge in [0.15, 0.2) is 11.6 Å². The van der Waals surface area contributed by atoms with Gasteiger partial charge in [-0.15, -0.1) is 0 Å². The van der Waals surface area contributed by atoms with E-state index < -0.39 is 5.82 Å². The van der Waals surface area contributed by atoms with Crippen LogP contribution in [0.25, 0.3) is 22.1 Å². The SMILES string of the molecule is C=CC(=O)N1CCN(c2ccc3ncnc(Nc4ccc(Oc5ccc6c(c5)ncn6C)c(C)c4F)c3n2)CC1. The Bertz CT molecular complexity index is 1760. The number of pyridine rings is 1. The topological polar surface area (TPSA) is 101 Å². The van der Waals surface area contributed by atoms with E-state index in [-0.39, 0.29) is 11.6 Å². The maximum Gasteiger partial charge on any atom is 0.246 e. The number of halogens is 1. The molecule has 5 aromatic rings. The van der Waals surface area contributed by atoms with Gasteiger partial charge < -0.3 is 24.4 Å². The second kappa shape index (κ2) is 10.3. The second-order valence-corrected chi connectivity index (χ2v) is 9.56. The van der Waals surface area contributed by atoms with E-state index in [0.29, 0.717) is 60.1 Å². The van der Waals surface area contributed by atoms with Gasteiger partial charge in [0.1, 0.15) is 29.2 Å². The summed E-state index contributed by atoms with van der Waals surface area (Å²) in [5.41, 5.74) is 3.52. The number of hydrogen-bond acceptors (Lipinski definition) is 8. The lowest BCUT2D eigenvalue weighted by Crippen LogP contribution is -2.48. The first-order valence-corrected chi connectivity index (χ1v) is 12.8. The Balaban J connectivity index is 1.24. The molecule has 10 nitrogen and oxygen atoms in total. The quantitative estimate of drug-likeness (QED) is 0.310. The highest BCUT2D eigenvalue weighted by atomic mass is 19.1. The Kier molecular flexibility index (Phi) is 6.47. The van der Waals surface area contributed by atoms with Crippen LogP contribution in [0.15, 0.2) is 67.8 Å². The number of anilines is 3. The summed E-state index contributed by atoms with van der Waals surface area (Å²) in [5.74, 6) is 1.57. The van der Waals surface area contributed by atoms with E-state index in [0.717, 1.165) is 16.9 Å². The molecular formula is C29H27FN8O2. The molecule has 0 radical (unpaired) electrons. The third kappa shape index (κ3) is 4.66. The first-order chi connectivity index (χ1) is 19.4. The molecule has 202 valence electrons. The minimum absolute atomic E-state index is 0.0750. The summed E-state index contributed by atoms with van der Waals surface area (Å²) < 4.78 is 23.5. The lowest BCUT2D eigenvalue weighted by Gasteiger charge is -2.35. The van der Waals surface area contributed by atoms with Crippen LogP contribution < -0.4 is 15.0 Å². The fraction of sp³-hybridized carbons (Fsp3) is 0.207. The molecule has 1 fully saturated rings. The average molecular weight is 539 g/mol. The summed E-state index contributed by atoms with van der Waals surface area (Å²) >= 11 is 0. The highest BCUT2D eigenvalue weighted by Crippen LogP contribution is 2.33. The first kappa shape index (κ1) is 25.2. The smallest absolute Gasteiger partial charge is 0.246 e. The number of amides is 1. The zero-order valence-corrected chi connectivity index (χ0v) is 22.1. The number of nitrogens with zero attached hydrogens (tertiary/aromatic N) is 7. The van der Waals surface area contributed by atoms with Crippen LogP contribution in [-0.4, -0.2) is 61.5 Å². The summed E-state index contributed by atoms with van der Waals surface area (Å²) in [4.78, 5) is 33.6. The van der Waals surface area contributed by atoms with Crippen LogP contribution in [0.4, 0.5) is 21.7 Å². The number of carbonyl (C=O) groups excluding carboxylic acids is 1. The number of nitrogens with one attached hydrogen (secondary N) is 1. The summed E-state index contributed by atoms with van der Waals surface area (Å²) in [6, 6.07) is 12.7. The number of fused-ring (bicyclic) bond motifs is 2. The van der Waals surface area contributed by atoms with Gasteiger partial charge in [-0.3, -0.25) is 4.79 Å². The fourth-order valence-electron chi connectivity index (χ4n) is 4.79. The predicted molar refractivity (Wildman–Crippen MR) is 152 cm³/mol. The Hall–Kier alpha value is -5.06. The van der Waals surface area contributed by atoms with Crippen molar-refractivity contribution < 1.29 is 13.9 Å². The van der Waals surface area contributed by atoms with Crippen LogP contribution >= 0.6 is 0 Å². The van der Waals surface area contributed by atoms with Crippen molar-refractivity contribution in [1.82, 2.24) is 29.4 Å². The molecule has 0 saturated carbocycles. The lowest BCUT2D eigenvalue weighted by atomic mass is 10.1. The molecule has 4 heterocycles. The normalized spacial score (nSPS) is 13.6. The third-order valence-corrected chi connectivity index (χ3v) is 7.07. The molecule has 0 spiro atoms. The number of piperazine rings is 1. The van der Waals surface area contributed by atoms with Gasteiger partial charge in [0.05, 0.1) is 28.6 Å². The Labute approximate surface area is 229 Å². The molecule has 11 heteroatoms. The molecule has 0 unspecified atom stereocenters. The molecule has 0 atom stereocenters. The van der Waals surface area contributed by atoms with E-state index in [1.54, 1.807) is 30.3 Å². The molecule has 0 aliphatic carbocycles. The minimum Gasteiger partial charge on any atom is -0.457 e. The van der Waals surface area contributed by atoms with Crippen LogP contribution in [0.2, 0.25) is 0 Å². The molecular weight excluding hydrogens is 511 g/mol. The molecule has 40 heavy (non-hydrogen) atoms. The molecule has 6 rings (SSSR count). The Morgan fingerprint density at radius 1 is 1.05 bits per heavy atom. The average Bonchev–Trinajstić information content (AvgIpc) is 3.36.